The molecule has 1 amide bonds. The summed E-state index contributed by atoms with van der Waals surface area (Å²) < 4.78 is 27.1. The Balaban J connectivity index is 1.96. The van der Waals surface area contributed by atoms with Crippen molar-refractivity contribution in [3.05, 3.63) is 45.6 Å². The number of amides is 1. The Hall–Kier alpha value is -3.67. The fourth-order valence-electron chi connectivity index (χ4n) is 2.74. The number of fused-ring (bicyclic) bond motifs is 1. The van der Waals surface area contributed by atoms with E-state index in [9.17, 15) is 19.3 Å². The Morgan fingerprint density at radius 1 is 1.34 bits per heavy atom. The summed E-state index contributed by atoms with van der Waals surface area (Å²) in [5.41, 5.74) is -0.601. The van der Waals surface area contributed by atoms with Crippen LogP contribution in [0, 0.1) is 15.9 Å². The molecule has 1 N–H and O–H groups in total. The van der Waals surface area contributed by atoms with E-state index >= 15 is 0 Å². The number of nitrogens with one attached hydrogen (secondary N) is 1. The van der Waals surface area contributed by atoms with Gasteiger partial charge in [0.15, 0.2) is 29.2 Å². The summed E-state index contributed by atoms with van der Waals surface area (Å²) in [6, 6.07) is 1.13. The van der Waals surface area contributed by atoms with Gasteiger partial charge < -0.3 is 24.9 Å². The minimum absolute atomic E-state index is 0.00595. The zero-order valence-corrected chi connectivity index (χ0v) is 18.6. The molecule has 0 aliphatic carbocycles. The second kappa shape index (κ2) is 8.46. The summed E-state index contributed by atoms with van der Waals surface area (Å²) in [6.45, 7) is 5.16. The van der Waals surface area contributed by atoms with Gasteiger partial charge in [-0.25, -0.2) is 13.7 Å². The molecule has 11 nitrogen and oxygen atoms in total. The largest absolute Gasteiger partial charge is 0.448 e. The van der Waals surface area contributed by atoms with E-state index in [1.165, 1.54) is 31.0 Å². The van der Waals surface area contributed by atoms with Crippen LogP contribution >= 0.6 is 11.6 Å². The van der Waals surface area contributed by atoms with Crippen LogP contribution in [0.4, 0.5) is 26.4 Å². The number of rotatable bonds is 5. The molecule has 0 aliphatic heterocycles. The fraction of sp³-hybridized carbons (Fsp3) is 0.316. The average Bonchev–Trinajstić information content (AvgIpc) is 3.10. The first kappa shape index (κ1) is 23.0. The van der Waals surface area contributed by atoms with Crippen molar-refractivity contribution in [2.45, 2.75) is 26.4 Å². The number of anilines is 2. The number of hydrogen-bond acceptors (Lipinski definition) is 8. The van der Waals surface area contributed by atoms with Gasteiger partial charge >= 0.3 is 11.9 Å². The van der Waals surface area contributed by atoms with Crippen LogP contribution in [0.25, 0.3) is 5.52 Å². The van der Waals surface area contributed by atoms with Crippen LogP contribution in [0.15, 0.2) is 24.7 Å². The lowest BCUT2D eigenvalue weighted by molar-refractivity contribution is -0.388. The molecule has 0 saturated heterocycles. The molecule has 13 heteroatoms. The molecule has 0 aliphatic rings. The van der Waals surface area contributed by atoms with Crippen LogP contribution in [-0.4, -0.2) is 45.3 Å². The number of pyridine rings is 2. The van der Waals surface area contributed by atoms with E-state index in [2.05, 4.69) is 15.4 Å². The summed E-state index contributed by atoms with van der Waals surface area (Å²) in [5, 5.41) is 17.7. The van der Waals surface area contributed by atoms with E-state index in [0.29, 0.717) is 0 Å². The number of nitro groups is 1. The first-order valence-corrected chi connectivity index (χ1v) is 9.62. The third-order valence-corrected chi connectivity index (χ3v) is 4.55. The predicted molar refractivity (Wildman–Crippen MR) is 115 cm³/mol. The van der Waals surface area contributed by atoms with Gasteiger partial charge in [0.1, 0.15) is 16.1 Å². The average molecular weight is 467 g/mol. The Bertz CT molecular complexity index is 1210. The number of halogens is 2. The maximum Gasteiger partial charge on any atom is 0.414 e. The molecule has 0 radical (unpaired) electrons. The predicted octanol–water partition coefficient (Wildman–Crippen LogP) is 4.64. The number of carbonyl (C=O) groups is 1. The summed E-state index contributed by atoms with van der Waals surface area (Å²) in [6.07, 6.45) is 3.06. The molecule has 0 saturated carbocycles. The SMILES string of the molecule is CNc1c([N+](=O)[O-])ncc(Oc2cnn3cc(N(C)C(=O)OC(C)(C)C)cc(F)c23)c1Cl. The fourth-order valence-corrected chi connectivity index (χ4v) is 3.00. The van der Waals surface area contributed by atoms with E-state index in [4.69, 9.17) is 21.1 Å². The van der Waals surface area contributed by atoms with E-state index < -0.39 is 28.3 Å². The lowest BCUT2D eigenvalue weighted by atomic mass is 10.2. The Morgan fingerprint density at radius 2 is 2.03 bits per heavy atom. The van der Waals surface area contributed by atoms with Crippen molar-refractivity contribution in [2.75, 3.05) is 24.3 Å². The van der Waals surface area contributed by atoms with Crippen molar-refractivity contribution >= 4 is 40.4 Å². The molecule has 170 valence electrons. The summed E-state index contributed by atoms with van der Waals surface area (Å²) >= 11 is 6.21. The Morgan fingerprint density at radius 3 is 2.62 bits per heavy atom. The second-order valence-corrected chi connectivity index (χ2v) is 8.01. The normalized spacial score (nSPS) is 11.3. The highest BCUT2D eigenvalue weighted by atomic mass is 35.5. The summed E-state index contributed by atoms with van der Waals surface area (Å²) in [7, 11) is 2.88. The highest BCUT2D eigenvalue weighted by molar-refractivity contribution is 6.35. The molecular formula is C19H20ClFN6O5. The highest BCUT2D eigenvalue weighted by Gasteiger charge is 2.25. The standard InChI is InChI=1S/C19H20ClFN6O5/c1-19(2,3)32-18(28)25(5)10-6-11(21)16-13(8-24-26(16)9-10)31-12-7-23-17(27(29)30)15(22-4)14(12)20/h6-9,22H,1-5H3. The molecule has 0 bridgehead atoms. The minimum atomic E-state index is -0.731. The Kier molecular flexibility index (Phi) is 6.08. The van der Waals surface area contributed by atoms with E-state index in [1.807, 2.05) is 0 Å². The van der Waals surface area contributed by atoms with Crippen LogP contribution in [0.5, 0.6) is 11.5 Å². The molecule has 3 aromatic rings. The molecule has 0 unspecified atom stereocenters. The van der Waals surface area contributed by atoms with Gasteiger partial charge in [-0.1, -0.05) is 11.6 Å². The third kappa shape index (κ3) is 4.49. The zero-order valence-electron chi connectivity index (χ0n) is 17.8. The van der Waals surface area contributed by atoms with Crippen LogP contribution in [0.2, 0.25) is 5.02 Å². The van der Waals surface area contributed by atoms with Crippen molar-refractivity contribution in [1.29, 1.82) is 0 Å². The molecule has 0 spiro atoms. The quantitative estimate of drug-likeness (QED) is 0.426. The number of hydrogen-bond donors (Lipinski definition) is 1. The number of carbonyl (C=O) groups excluding carboxylic acids is 1. The van der Waals surface area contributed by atoms with Crippen LogP contribution in [0.1, 0.15) is 20.8 Å². The maximum atomic E-state index is 15.0. The summed E-state index contributed by atoms with van der Waals surface area (Å²) in [4.78, 5) is 27.6. The highest BCUT2D eigenvalue weighted by Crippen LogP contribution is 2.40. The van der Waals surface area contributed by atoms with Gasteiger partial charge in [0.05, 0.1) is 18.1 Å². The number of aromatic nitrogens is 3. The van der Waals surface area contributed by atoms with Gasteiger partial charge in [-0.3, -0.25) is 4.90 Å². The molecule has 0 fully saturated rings. The van der Waals surface area contributed by atoms with Gasteiger partial charge in [0, 0.05) is 20.2 Å². The van der Waals surface area contributed by atoms with Crippen LogP contribution < -0.4 is 15.0 Å². The number of nitrogens with zero attached hydrogens (tertiary/aromatic N) is 5. The van der Waals surface area contributed by atoms with Gasteiger partial charge in [-0.2, -0.15) is 5.10 Å². The molecule has 3 heterocycles. The van der Waals surface area contributed by atoms with E-state index in [1.54, 1.807) is 20.8 Å². The monoisotopic (exact) mass is 466 g/mol. The van der Waals surface area contributed by atoms with Crippen molar-refractivity contribution in [3.8, 4) is 11.5 Å². The van der Waals surface area contributed by atoms with Crippen molar-refractivity contribution in [3.63, 3.8) is 0 Å². The third-order valence-electron chi connectivity index (χ3n) is 4.18. The molecule has 0 aromatic carbocycles. The van der Waals surface area contributed by atoms with E-state index in [0.717, 1.165) is 17.2 Å². The van der Waals surface area contributed by atoms with Gasteiger partial charge in [-0.15, -0.1) is 0 Å². The first-order chi connectivity index (χ1) is 14.9. The minimum Gasteiger partial charge on any atom is -0.448 e. The number of ether oxygens (including phenoxy) is 2. The second-order valence-electron chi connectivity index (χ2n) is 7.63. The Labute approximate surface area is 186 Å². The lowest BCUT2D eigenvalue weighted by Gasteiger charge is -2.24. The van der Waals surface area contributed by atoms with Crippen molar-refractivity contribution in [1.82, 2.24) is 14.6 Å². The van der Waals surface area contributed by atoms with Gasteiger partial charge in [0.2, 0.25) is 0 Å². The zero-order chi connectivity index (χ0) is 23.8. The molecular weight excluding hydrogens is 447 g/mol. The van der Waals surface area contributed by atoms with Crippen molar-refractivity contribution < 1.29 is 23.6 Å². The van der Waals surface area contributed by atoms with Crippen LogP contribution in [-0.2, 0) is 4.74 Å². The maximum absolute atomic E-state index is 15.0. The molecule has 32 heavy (non-hydrogen) atoms. The molecule has 3 rings (SSSR count). The topological polar surface area (TPSA) is 124 Å². The lowest BCUT2D eigenvalue weighted by Crippen LogP contribution is -2.34. The van der Waals surface area contributed by atoms with Crippen LogP contribution in [0.3, 0.4) is 0 Å². The van der Waals surface area contributed by atoms with Gasteiger partial charge in [0.25, 0.3) is 0 Å². The molecule has 3 aromatic heterocycles. The van der Waals surface area contributed by atoms with E-state index in [-0.39, 0.29) is 33.4 Å². The molecule has 0 atom stereocenters. The van der Waals surface area contributed by atoms with Gasteiger partial charge in [-0.05, 0) is 30.7 Å². The smallest absolute Gasteiger partial charge is 0.414 e. The van der Waals surface area contributed by atoms with Crippen molar-refractivity contribution in [2.24, 2.45) is 0 Å². The summed E-state index contributed by atoms with van der Waals surface area (Å²) in [5.74, 6) is -1.25. The first-order valence-electron chi connectivity index (χ1n) is 9.25.